The van der Waals surface area contributed by atoms with Gasteiger partial charge in [0.25, 0.3) is 0 Å². The number of nitrogens with zero attached hydrogens (tertiary/aromatic N) is 1. The molecule has 0 heterocycles. The van der Waals surface area contributed by atoms with Gasteiger partial charge in [0.15, 0.2) is 6.54 Å². The summed E-state index contributed by atoms with van der Waals surface area (Å²) in [7, 11) is 0. The van der Waals surface area contributed by atoms with Gasteiger partial charge in [-0.2, -0.15) is 0 Å². The van der Waals surface area contributed by atoms with Crippen molar-refractivity contribution in [3.63, 3.8) is 0 Å². The van der Waals surface area contributed by atoms with Crippen LogP contribution in [0.15, 0.2) is 24.3 Å². The van der Waals surface area contributed by atoms with Crippen LogP contribution in [0.2, 0.25) is 0 Å². The lowest BCUT2D eigenvalue weighted by Crippen LogP contribution is -1.99. The molecule has 3 heteroatoms. The Morgan fingerprint density at radius 2 is 2.09 bits per heavy atom. The highest BCUT2D eigenvalue weighted by Crippen LogP contribution is 2.15. The van der Waals surface area contributed by atoms with E-state index < -0.39 is 0 Å². The van der Waals surface area contributed by atoms with Crippen LogP contribution in [0.4, 0.5) is 0 Å². The SMILES string of the molecule is C=[N+]([O-])Cc1ccccc1O. The lowest BCUT2D eigenvalue weighted by Gasteiger charge is -2.02. The topological polar surface area (TPSA) is 46.3 Å². The van der Waals surface area contributed by atoms with Crippen LogP contribution in [0.1, 0.15) is 5.56 Å². The summed E-state index contributed by atoms with van der Waals surface area (Å²) in [5.74, 6) is 0.136. The second-order valence-corrected chi connectivity index (χ2v) is 2.27. The van der Waals surface area contributed by atoms with Gasteiger partial charge < -0.3 is 10.3 Å². The number of hydrogen-bond acceptors (Lipinski definition) is 2. The van der Waals surface area contributed by atoms with Crippen LogP contribution in [0.3, 0.4) is 0 Å². The van der Waals surface area contributed by atoms with E-state index in [1.54, 1.807) is 24.3 Å². The number of rotatable bonds is 2. The molecule has 1 aromatic carbocycles. The number of hydroxylamine groups is 1. The number of phenols is 1. The maximum absolute atomic E-state index is 10.5. The molecule has 11 heavy (non-hydrogen) atoms. The van der Waals surface area contributed by atoms with Gasteiger partial charge in [-0.3, -0.25) is 0 Å². The Balaban J connectivity index is 2.86. The Bertz CT molecular complexity index is 271. The molecule has 0 fully saturated rings. The zero-order valence-corrected chi connectivity index (χ0v) is 6.03. The molecule has 0 amide bonds. The first kappa shape index (κ1) is 7.60. The van der Waals surface area contributed by atoms with E-state index in [4.69, 9.17) is 5.11 Å². The summed E-state index contributed by atoms with van der Waals surface area (Å²) in [6.07, 6.45) is 0. The largest absolute Gasteiger partial charge is 0.624 e. The van der Waals surface area contributed by atoms with Gasteiger partial charge >= 0.3 is 0 Å². The van der Waals surface area contributed by atoms with Crippen molar-refractivity contribution in [3.05, 3.63) is 35.0 Å². The van der Waals surface area contributed by atoms with E-state index >= 15 is 0 Å². The van der Waals surface area contributed by atoms with Gasteiger partial charge in [0.05, 0.1) is 5.56 Å². The van der Waals surface area contributed by atoms with Crippen LogP contribution in [-0.2, 0) is 6.54 Å². The maximum Gasteiger partial charge on any atom is 0.181 e. The number of aromatic hydroxyl groups is 1. The predicted octanol–water partition coefficient (Wildman–Crippen LogP) is 1.10. The monoisotopic (exact) mass is 151 g/mol. The van der Waals surface area contributed by atoms with Crippen molar-refractivity contribution in [1.29, 1.82) is 0 Å². The molecule has 1 aromatic rings. The number of para-hydroxylation sites is 1. The van der Waals surface area contributed by atoms with Crippen molar-refractivity contribution in [1.82, 2.24) is 0 Å². The molecule has 0 spiro atoms. The minimum Gasteiger partial charge on any atom is -0.624 e. The average molecular weight is 151 g/mol. The minimum absolute atomic E-state index is 0.118. The van der Waals surface area contributed by atoms with Crippen LogP contribution in [0, 0.1) is 5.21 Å². The Morgan fingerprint density at radius 3 is 2.64 bits per heavy atom. The molecule has 0 aliphatic rings. The van der Waals surface area contributed by atoms with Crippen molar-refractivity contribution < 1.29 is 9.85 Å². The predicted molar refractivity (Wildman–Crippen MR) is 42.6 cm³/mol. The minimum atomic E-state index is 0.118. The molecule has 0 aliphatic carbocycles. The molecule has 0 saturated carbocycles. The van der Waals surface area contributed by atoms with Gasteiger partial charge in [-0.15, -0.1) is 0 Å². The van der Waals surface area contributed by atoms with Crippen LogP contribution in [-0.4, -0.2) is 16.6 Å². The molecule has 0 aromatic heterocycles. The molecule has 0 bridgehead atoms. The molecule has 58 valence electrons. The van der Waals surface area contributed by atoms with E-state index in [0.29, 0.717) is 10.3 Å². The molecule has 0 unspecified atom stereocenters. The highest BCUT2D eigenvalue weighted by atomic mass is 16.5. The fourth-order valence-electron chi connectivity index (χ4n) is 0.835. The quantitative estimate of drug-likeness (QED) is 0.298. The third-order valence-corrected chi connectivity index (χ3v) is 1.34. The summed E-state index contributed by atoms with van der Waals surface area (Å²) < 4.78 is 0.523. The Hall–Kier alpha value is -1.51. The average Bonchev–Trinajstić information content (AvgIpc) is 1.93. The van der Waals surface area contributed by atoms with Crippen molar-refractivity contribution in [2.45, 2.75) is 6.54 Å². The summed E-state index contributed by atoms with van der Waals surface area (Å²) >= 11 is 0. The van der Waals surface area contributed by atoms with Gasteiger partial charge in [0.1, 0.15) is 12.5 Å². The Labute approximate surface area is 64.8 Å². The maximum atomic E-state index is 10.5. The summed E-state index contributed by atoms with van der Waals surface area (Å²) in [6.45, 7) is 3.26. The molecular weight excluding hydrogens is 142 g/mol. The number of phenolic OH excluding ortho intramolecular Hbond substituents is 1. The first-order chi connectivity index (χ1) is 5.20. The van der Waals surface area contributed by atoms with Crippen LogP contribution in [0.5, 0.6) is 5.75 Å². The first-order valence-electron chi connectivity index (χ1n) is 3.22. The van der Waals surface area contributed by atoms with Crippen LogP contribution >= 0.6 is 0 Å². The number of hydrogen-bond donors (Lipinski definition) is 1. The lowest BCUT2D eigenvalue weighted by molar-refractivity contribution is -0.465. The van der Waals surface area contributed by atoms with E-state index in [1.807, 2.05) is 0 Å². The van der Waals surface area contributed by atoms with Gasteiger partial charge in [0, 0.05) is 0 Å². The molecule has 0 atom stereocenters. The van der Waals surface area contributed by atoms with Crippen LogP contribution < -0.4 is 0 Å². The van der Waals surface area contributed by atoms with Crippen molar-refractivity contribution in [3.8, 4) is 5.75 Å². The summed E-state index contributed by atoms with van der Waals surface area (Å²) in [6, 6.07) is 6.69. The first-order valence-corrected chi connectivity index (χ1v) is 3.22. The number of benzene rings is 1. The molecule has 0 aliphatic heterocycles. The Kier molecular flexibility index (Phi) is 2.11. The Morgan fingerprint density at radius 1 is 1.45 bits per heavy atom. The van der Waals surface area contributed by atoms with Crippen molar-refractivity contribution in [2.24, 2.45) is 0 Å². The molecule has 1 rings (SSSR count). The molecular formula is C8H9NO2. The van der Waals surface area contributed by atoms with Gasteiger partial charge in [-0.05, 0) is 12.1 Å². The van der Waals surface area contributed by atoms with Gasteiger partial charge in [-0.25, -0.2) is 4.74 Å². The normalized spacial score (nSPS) is 9.45. The lowest BCUT2D eigenvalue weighted by atomic mass is 10.2. The fourth-order valence-corrected chi connectivity index (χ4v) is 0.835. The molecule has 1 N–H and O–H groups in total. The summed E-state index contributed by atoms with van der Waals surface area (Å²) in [4.78, 5) is 0. The standard InChI is InChI=1S/C8H9NO2/c1-9(11)6-7-4-2-3-5-8(7)10/h2-5,10H,1,6H2. The van der Waals surface area contributed by atoms with Gasteiger partial charge in [0.2, 0.25) is 0 Å². The zero-order chi connectivity index (χ0) is 8.27. The van der Waals surface area contributed by atoms with Crippen LogP contribution in [0.25, 0.3) is 0 Å². The van der Waals surface area contributed by atoms with E-state index in [0.717, 1.165) is 0 Å². The second kappa shape index (κ2) is 3.05. The fraction of sp³-hybridized carbons (Fsp3) is 0.125. The van der Waals surface area contributed by atoms with Crippen molar-refractivity contribution >= 4 is 6.72 Å². The highest BCUT2D eigenvalue weighted by Gasteiger charge is 2.00. The summed E-state index contributed by atoms with van der Waals surface area (Å²) in [5, 5.41) is 19.6. The molecule has 0 saturated heterocycles. The second-order valence-electron chi connectivity index (χ2n) is 2.27. The highest BCUT2D eigenvalue weighted by molar-refractivity contribution is 5.31. The third kappa shape index (κ3) is 1.97. The van der Waals surface area contributed by atoms with Crippen molar-refractivity contribution in [2.75, 3.05) is 0 Å². The molecule has 3 nitrogen and oxygen atoms in total. The van der Waals surface area contributed by atoms with E-state index in [9.17, 15) is 5.21 Å². The third-order valence-electron chi connectivity index (χ3n) is 1.34. The van der Waals surface area contributed by atoms with E-state index in [2.05, 4.69) is 6.72 Å². The van der Waals surface area contributed by atoms with Gasteiger partial charge in [-0.1, -0.05) is 12.1 Å². The van der Waals surface area contributed by atoms with E-state index in [-0.39, 0.29) is 12.3 Å². The van der Waals surface area contributed by atoms with E-state index in [1.165, 1.54) is 0 Å². The molecule has 0 radical (unpaired) electrons. The summed E-state index contributed by atoms with van der Waals surface area (Å²) in [5.41, 5.74) is 0.595. The zero-order valence-electron chi connectivity index (χ0n) is 6.03. The smallest absolute Gasteiger partial charge is 0.181 e.